The lowest BCUT2D eigenvalue weighted by molar-refractivity contribution is 0.0925. The quantitative estimate of drug-likeness (QED) is 0.646. The molecule has 25 heavy (non-hydrogen) atoms. The first kappa shape index (κ1) is 19.0. The van der Waals surface area contributed by atoms with Crippen molar-refractivity contribution in [2.75, 3.05) is 19.4 Å². The molecule has 0 aliphatic carbocycles. The fourth-order valence-corrected chi connectivity index (χ4v) is 2.58. The zero-order chi connectivity index (χ0) is 18.3. The predicted molar refractivity (Wildman–Crippen MR) is 87.2 cm³/mol. The molecular formula is C15H20N2O7S. The summed E-state index contributed by atoms with van der Waals surface area (Å²) < 4.78 is 36.7. The van der Waals surface area contributed by atoms with Gasteiger partial charge in [-0.3, -0.25) is 4.18 Å². The van der Waals surface area contributed by atoms with E-state index >= 15 is 0 Å². The Morgan fingerprint density at radius 2 is 2.04 bits per heavy atom. The van der Waals surface area contributed by atoms with E-state index in [1.54, 1.807) is 0 Å². The molecule has 2 N–H and O–H groups in total. The van der Waals surface area contributed by atoms with Gasteiger partial charge in [-0.2, -0.15) is 8.42 Å². The molecule has 1 aromatic carbocycles. The number of carbonyl (C=O) groups is 2. The molecule has 138 valence electrons. The fraction of sp³-hybridized carbons (Fsp3) is 0.467. The van der Waals surface area contributed by atoms with Gasteiger partial charge in [0.15, 0.2) is 0 Å². The number of amides is 2. The van der Waals surface area contributed by atoms with Gasteiger partial charge in [0.05, 0.1) is 12.3 Å². The van der Waals surface area contributed by atoms with Crippen LogP contribution in [0.1, 0.15) is 12.0 Å². The summed E-state index contributed by atoms with van der Waals surface area (Å²) in [5.41, 5.74) is 0.868. The van der Waals surface area contributed by atoms with E-state index in [0.29, 0.717) is 6.42 Å². The number of hydrogen-bond donors (Lipinski definition) is 2. The van der Waals surface area contributed by atoms with Gasteiger partial charge in [0.1, 0.15) is 19.3 Å². The molecule has 2 amide bonds. The van der Waals surface area contributed by atoms with E-state index < -0.39 is 34.5 Å². The number of ether oxygens (including phenoxy) is 2. The summed E-state index contributed by atoms with van der Waals surface area (Å²) in [6, 6.07) is 8.77. The summed E-state index contributed by atoms with van der Waals surface area (Å²) in [4.78, 5) is 22.9. The summed E-state index contributed by atoms with van der Waals surface area (Å²) in [7, 11) is -3.63. The van der Waals surface area contributed by atoms with Gasteiger partial charge < -0.3 is 20.1 Å². The van der Waals surface area contributed by atoms with Crippen molar-refractivity contribution in [3.63, 3.8) is 0 Å². The van der Waals surface area contributed by atoms with E-state index in [1.165, 1.54) is 0 Å². The van der Waals surface area contributed by atoms with Crippen molar-refractivity contribution in [3.8, 4) is 0 Å². The SMILES string of the molecule is CS(=O)(=O)OCC1OC(=O)NC1CCNC(=O)OCc1ccccc1. The van der Waals surface area contributed by atoms with Crippen LogP contribution in [0, 0.1) is 0 Å². The molecule has 0 aromatic heterocycles. The normalized spacial score (nSPS) is 19.8. The van der Waals surface area contributed by atoms with Crippen LogP contribution in [0.15, 0.2) is 30.3 Å². The van der Waals surface area contributed by atoms with Gasteiger partial charge in [-0.25, -0.2) is 9.59 Å². The molecule has 9 nitrogen and oxygen atoms in total. The highest BCUT2D eigenvalue weighted by Crippen LogP contribution is 2.13. The van der Waals surface area contributed by atoms with Crippen molar-refractivity contribution in [3.05, 3.63) is 35.9 Å². The largest absolute Gasteiger partial charge is 0.445 e. The Morgan fingerprint density at radius 1 is 1.32 bits per heavy atom. The van der Waals surface area contributed by atoms with Crippen LogP contribution in [0.25, 0.3) is 0 Å². The Kier molecular flexibility index (Phi) is 6.59. The van der Waals surface area contributed by atoms with Gasteiger partial charge in [0.2, 0.25) is 0 Å². The molecule has 0 radical (unpaired) electrons. The van der Waals surface area contributed by atoms with E-state index in [2.05, 4.69) is 14.8 Å². The minimum atomic E-state index is -3.63. The number of cyclic esters (lactones) is 1. The van der Waals surface area contributed by atoms with Crippen LogP contribution in [0.2, 0.25) is 0 Å². The van der Waals surface area contributed by atoms with Crippen LogP contribution >= 0.6 is 0 Å². The van der Waals surface area contributed by atoms with E-state index in [4.69, 9.17) is 9.47 Å². The number of rotatable bonds is 8. The van der Waals surface area contributed by atoms with E-state index in [0.717, 1.165) is 11.8 Å². The van der Waals surface area contributed by atoms with Crippen molar-refractivity contribution >= 4 is 22.3 Å². The van der Waals surface area contributed by atoms with Gasteiger partial charge in [0.25, 0.3) is 10.1 Å². The van der Waals surface area contributed by atoms with Crippen molar-refractivity contribution in [2.45, 2.75) is 25.2 Å². The average Bonchev–Trinajstić information content (AvgIpc) is 2.91. The Bertz CT molecular complexity index is 693. The van der Waals surface area contributed by atoms with Gasteiger partial charge in [-0.1, -0.05) is 30.3 Å². The maximum Gasteiger partial charge on any atom is 0.407 e. The van der Waals surface area contributed by atoms with Gasteiger partial charge in [0, 0.05) is 6.54 Å². The summed E-state index contributed by atoms with van der Waals surface area (Å²) in [5.74, 6) is 0. The summed E-state index contributed by atoms with van der Waals surface area (Å²) >= 11 is 0. The molecule has 1 aromatic rings. The molecule has 0 spiro atoms. The van der Waals surface area contributed by atoms with Crippen LogP contribution in [0.4, 0.5) is 9.59 Å². The standard InChI is InChI=1S/C15H20N2O7S/c1-25(20,21)23-10-13-12(17-15(19)24-13)7-8-16-14(18)22-9-11-5-3-2-4-6-11/h2-6,12-13H,7-10H2,1H3,(H,16,18)(H,17,19). The molecule has 0 saturated carbocycles. The number of nitrogens with one attached hydrogen (secondary N) is 2. The summed E-state index contributed by atoms with van der Waals surface area (Å²) in [6.07, 6.45) is -0.735. The predicted octanol–water partition coefficient (Wildman–Crippen LogP) is 0.756. The summed E-state index contributed by atoms with van der Waals surface area (Å²) in [5, 5.41) is 5.10. The highest BCUT2D eigenvalue weighted by atomic mass is 32.2. The second kappa shape index (κ2) is 8.67. The summed E-state index contributed by atoms with van der Waals surface area (Å²) in [6.45, 7) is 0.0960. The zero-order valence-electron chi connectivity index (χ0n) is 13.6. The molecule has 10 heteroatoms. The topological polar surface area (TPSA) is 120 Å². The average molecular weight is 372 g/mol. The highest BCUT2D eigenvalue weighted by Gasteiger charge is 2.34. The first-order chi connectivity index (χ1) is 11.8. The van der Waals surface area contributed by atoms with Crippen molar-refractivity contribution in [2.24, 2.45) is 0 Å². The van der Waals surface area contributed by atoms with Crippen molar-refractivity contribution < 1.29 is 31.7 Å². The van der Waals surface area contributed by atoms with Crippen molar-refractivity contribution in [1.29, 1.82) is 0 Å². The number of alkyl carbamates (subject to hydrolysis) is 2. The molecule has 1 aliphatic heterocycles. The molecule has 2 unspecified atom stereocenters. The van der Waals surface area contributed by atoms with Gasteiger partial charge in [-0.15, -0.1) is 0 Å². The van der Waals surface area contributed by atoms with Crippen LogP contribution in [-0.4, -0.2) is 52.2 Å². The molecule has 0 bridgehead atoms. The molecule has 1 fully saturated rings. The van der Waals surface area contributed by atoms with E-state index in [9.17, 15) is 18.0 Å². The van der Waals surface area contributed by atoms with Gasteiger partial charge >= 0.3 is 12.2 Å². The fourth-order valence-electron chi connectivity index (χ4n) is 2.20. The second-order valence-electron chi connectivity index (χ2n) is 5.46. The van der Waals surface area contributed by atoms with E-state index in [-0.39, 0.29) is 19.8 Å². The minimum absolute atomic E-state index is 0.154. The number of carbonyl (C=O) groups excluding carboxylic acids is 2. The van der Waals surface area contributed by atoms with Crippen LogP contribution < -0.4 is 10.6 Å². The highest BCUT2D eigenvalue weighted by molar-refractivity contribution is 7.85. The second-order valence-corrected chi connectivity index (χ2v) is 7.10. The van der Waals surface area contributed by atoms with Crippen LogP contribution in [0.5, 0.6) is 0 Å². The third kappa shape index (κ3) is 6.98. The Balaban J connectivity index is 1.70. The monoisotopic (exact) mass is 372 g/mol. The zero-order valence-corrected chi connectivity index (χ0v) is 14.5. The first-order valence-corrected chi connectivity index (χ1v) is 9.41. The smallest absolute Gasteiger partial charge is 0.407 e. The van der Waals surface area contributed by atoms with Crippen LogP contribution in [-0.2, 0) is 30.4 Å². The lowest BCUT2D eigenvalue weighted by atomic mass is 10.1. The molecule has 2 rings (SSSR count). The molecule has 1 aliphatic rings. The lowest BCUT2D eigenvalue weighted by Crippen LogP contribution is -2.38. The maximum atomic E-state index is 11.6. The van der Waals surface area contributed by atoms with Gasteiger partial charge in [-0.05, 0) is 12.0 Å². The Labute approximate surface area is 145 Å². The Hall–Kier alpha value is -2.33. The van der Waals surface area contributed by atoms with E-state index in [1.807, 2.05) is 30.3 Å². The van der Waals surface area contributed by atoms with Crippen molar-refractivity contribution in [1.82, 2.24) is 10.6 Å². The molecule has 2 atom stereocenters. The third-order valence-corrected chi connectivity index (χ3v) is 3.96. The first-order valence-electron chi connectivity index (χ1n) is 7.59. The number of hydrogen-bond acceptors (Lipinski definition) is 7. The molecule has 1 heterocycles. The maximum absolute atomic E-state index is 11.6. The Morgan fingerprint density at radius 3 is 2.72 bits per heavy atom. The third-order valence-electron chi connectivity index (χ3n) is 3.39. The molecule has 1 saturated heterocycles. The molecular weight excluding hydrogens is 352 g/mol. The minimum Gasteiger partial charge on any atom is -0.445 e. The van der Waals surface area contributed by atoms with Crippen LogP contribution in [0.3, 0.4) is 0 Å². The number of benzene rings is 1. The lowest BCUT2D eigenvalue weighted by Gasteiger charge is -2.16.